The summed E-state index contributed by atoms with van der Waals surface area (Å²) in [6.45, 7) is -0.974. The average Bonchev–Trinajstić information content (AvgIpc) is 2.43. The fraction of sp³-hybridized carbons (Fsp3) is 0.200. The first-order valence-corrected chi connectivity index (χ1v) is 6.60. The Bertz CT molecular complexity index is 604. The molecule has 0 radical (unpaired) electrons. The van der Waals surface area contributed by atoms with Gasteiger partial charge in [0.1, 0.15) is 11.6 Å². The van der Waals surface area contributed by atoms with E-state index < -0.39 is 12.4 Å². The van der Waals surface area contributed by atoms with E-state index in [1.165, 1.54) is 24.3 Å². The summed E-state index contributed by atoms with van der Waals surface area (Å²) in [7, 11) is 0. The van der Waals surface area contributed by atoms with Crippen LogP contribution in [0.1, 0.15) is 18.5 Å². The first-order chi connectivity index (χ1) is 9.95. The van der Waals surface area contributed by atoms with Crippen LogP contribution in [-0.2, 0) is 0 Å². The Hall–Kier alpha value is -1.88. The third kappa shape index (κ3) is 4.29. The maximum atomic E-state index is 13.3. The second-order valence-corrected chi connectivity index (χ2v) is 4.85. The van der Waals surface area contributed by atoms with Gasteiger partial charge in [-0.2, -0.15) is 8.78 Å². The topological polar surface area (TPSA) is 21.3 Å². The van der Waals surface area contributed by atoms with Crippen LogP contribution in [0.15, 0.2) is 42.5 Å². The second-order valence-electron chi connectivity index (χ2n) is 4.44. The molecule has 0 amide bonds. The molecule has 0 fully saturated rings. The molecule has 0 spiro atoms. The number of ether oxygens (including phenoxy) is 1. The molecule has 0 heterocycles. The van der Waals surface area contributed by atoms with Gasteiger partial charge in [0.2, 0.25) is 0 Å². The van der Waals surface area contributed by atoms with Crippen molar-refractivity contribution in [3.05, 3.63) is 58.9 Å². The van der Waals surface area contributed by atoms with Crippen molar-refractivity contribution in [1.82, 2.24) is 0 Å². The fourth-order valence-electron chi connectivity index (χ4n) is 1.86. The number of rotatable bonds is 5. The van der Waals surface area contributed by atoms with E-state index in [9.17, 15) is 13.2 Å². The summed E-state index contributed by atoms with van der Waals surface area (Å²) in [6.07, 6.45) is 0. The number of alkyl halides is 2. The van der Waals surface area contributed by atoms with Crippen molar-refractivity contribution in [2.45, 2.75) is 19.6 Å². The Morgan fingerprint density at radius 2 is 1.76 bits per heavy atom. The van der Waals surface area contributed by atoms with Crippen LogP contribution in [0, 0.1) is 5.82 Å². The summed E-state index contributed by atoms with van der Waals surface area (Å²) in [5.74, 6) is -0.409. The average molecular weight is 316 g/mol. The minimum absolute atomic E-state index is 0.0571. The molecule has 6 heteroatoms. The van der Waals surface area contributed by atoms with E-state index in [0.717, 1.165) is 5.56 Å². The van der Waals surface area contributed by atoms with Crippen LogP contribution in [0.4, 0.5) is 18.9 Å². The molecule has 0 bridgehead atoms. The van der Waals surface area contributed by atoms with Crippen molar-refractivity contribution in [3.63, 3.8) is 0 Å². The molecule has 0 aliphatic heterocycles. The standard InChI is InChI=1S/C15H13ClF3NO/c1-9(20-11-4-7-13(16)14(17)8-11)10-2-5-12(6-3-10)21-15(18)19/h2-9,15,20H,1H3. The van der Waals surface area contributed by atoms with E-state index in [2.05, 4.69) is 10.1 Å². The van der Waals surface area contributed by atoms with Crippen LogP contribution < -0.4 is 10.1 Å². The van der Waals surface area contributed by atoms with Gasteiger partial charge in [-0.1, -0.05) is 23.7 Å². The lowest BCUT2D eigenvalue weighted by Gasteiger charge is -2.16. The molecule has 2 aromatic rings. The molecule has 0 aliphatic rings. The molecule has 2 rings (SSSR count). The largest absolute Gasteiger partial charge is 0.435 e. The Morgan fingerprint density at radius 3 is 2.33 bits per heavy atom. The van der Waals surface area contributed by atoms with Crippen molar-refractivity contribution < 1.29 is 17.9 Å². The SMILES string of the molecule is CC(Nc1ccc(Cl)c(F)c1)c1ccc(OC(F)F)cc1. The van der Waals surface area contributed by atoms with Crippen molar-refractivity contribution in [2.24, 2.45) is 0 Å². The van der Waals surface area contributed by atoms with Gasteiger partial charge in [-0.05, 0) is 42.8 Å². The first kappa shape index (κ1) is 15.5. The molecular formula is C15H13ClF3NO. The van der Waals surface area contributed by atoms with Crippen LogP contribution in [0.5, 0.6) is 5.75 Å². The highest BCUT2D eigenvalue weighted by molar-refractivity contribution is 6.30. The molecule has 2 aromatic carbocycles. The number of hydrogen-bond acceptors (Lipinski definition) is 2. The molecule has 112 valence electrons. The minimum Gasteiger partial charge on any atom is -0.435 e. The maximum absolute atomic E-state index is 13.3. The van der Waals surface area contributed by atoms with Gasteiger partial charge in [0, 0.05) is 11.7 Å². The van der Waals surface area contributed by atoms with E-state index in [1.54, 1.807) is 18.2 Å². The molecule has 1 atom stereocenters. The number of nitrogens with one attached hydrogen (secondary N) is 1. The molecule has 2 nitrogen and oxygen atoms in total. The number of halogens is 4. The van der Waals surface area contributed by atoms with Gasteiger partial charge in [-0.25, -0.2) is 4.39 Å². The summed E-state index contributed by atoms with van der Waals surface area (Å²) < 4.78 is 41.7. The van der Waals surface area contributed by atoms with E-state index in [-0.39, 0.29) is 16.8 Å². The molecule has 0 saturated carbocycles. The third-order valence-electron chi connectivity index (χ3n) is 2.91. The van der Waals surface area contributed by atoms with E-state index in [1.807, 2.05) is 6.92 Å². The number of benzene rings is 2. The highest BCUT2D eigenvalue weighted by Gasteiger charge is 2.09. The van der Waals surface area contributed by atoms with Gasteiger partial charge in [0.25, 0.3) is 0 Å². The first-order valence-electron chi connectivity index (χ1n) is 6.22. The smallest absolute Gasteiger partial charge is 0.387 e. The summed E-state index contributed by atoms with van der Waals surface area (Å²) in [4.78, 5) is 0. The quantitative estimate of drug-likeness (QED) is 0.813. The zero-order chi connectivity index (χ0) is 15.4. The Morgan fingerprint density at radius 1 is 1.10 bits per heavy atom. The van der Waals surface area contributed by atoms with Crippen LogP contribution in [-0.4, -0.2) is 6.61 Å². The highest BCUT2D eigenvalue weighted by Crippen LogP contribution is 2.24. The Kier molecular flexibility index (Phi) is 4.96. The van der Waals surface area contributed by atoms with Gasteiger partial charge in [-0.3, -0.25) is 0 Å². The van der Waals surface area contributed by atoms with Gasteiger partial charge >= 0.3 is 6.61 Å². The van der Waals surface area contributed by atoms with Crippen LogP contribution in [0.2, 0.25) is 5.02 Å². The lowest BCUT2D eigenvalue weighted by molar-refractivity contribution is -0.0498. The monoisotopic (exact) mass is 315 g/mol. The van der Waals surface area contributed by atoms with Gasteiger partial charge in [0.15, 0.2) is 0 Å². The van der Waals surface area contributed by atoms with E-state index >= 15 is 0 Å². The lowest BCUT2D eigenvalue weighted by Crippen LogP contribution is -2.07. The molecule has 0 aromatic heterocycles. The number of hydrogen-bond donors (Lipinski definition) is 1. The van der Waals surface area contributed by atoms with Crippen LogP contribution in [0.3, 0.4) is 0 Å². The molecule has 21 heavy (non-hydrogen) atoms. The van der Waals surface area contributed by atoms with E-state index in [0.29, 0.717) is 5.69 Å². The van der Waals surface area contributed by atoms with Crippen molar-refractivity contribution >= 4 is 17.3 Å². The van der Waals surface area contributed by atoms with E-state index in [4.69, 9.17) is 11.6 Å². The zero-order valence-electron chi connectivity index (χ0n) is 11.1. The van der Waals surface area contributed by atoms with Gasteiger partial charge in [0.05, 0.1) is 5.02 Å². The fourth-order valence-corrected chi connectivity index (χ4v) is 1.97. The highest BCUT2D eigenvalue weighted by atomic mass is 35.5. The third-order valence-corrected chi connectivity index (χ3v) is 3.21. The summed E-state index contributed by atoms with van der Waals surface area (Å²) in [5, 5.41) is 3.16. The second kappa shape index (κ2) is 6.72. The van der Waals surface area contributed by atoms with Crippen molar-refractivity contribution in [2.75, 3.05) is 5.32 Å². The maximum Gasteiger partial charge on any atom is 0.387 e. The van der Waals surface area contributed by atoms with Crippen molar-refractivity contribution in [1.29, 1.82) is 0 Å². The molecule has 0 saturated heterocycles. The van der Waals surface area contributed by atoms with Crippen LogP contribution in [0.25, 0.3) is 0 Å². The Balaban J connectivity index is 2.05. The van der Waals surface area contributed by atoms with Gasteiger partial charge in [-0.15, -0.1) is 0 Å². The molecule has 1 N–H and O–H groups in total. The summed E-state index contributed by atoms with van der Waals surface area (Å²) in [6, 6.07) is 10.5. The van der Waals surface area contributed by atoms with Crippen LogP contribution >= 0.6 is 11.6 Å². The van der Waals surface area contributed by atoms with Crippen molar-refractivity contribution in [3.8, 4) is 5.75 Å². The summed E-state index contributed by atoms with van der Waals surface area (Å²) >= 11 is 5.62. The predicted octanol–water partition coefficient (Wildman–Crippen LogP) is 5.25. The zero-order valence-corrected chi connectivity index (χ0v) is 11.9. The molecule has 0 aliphatic carbocycles. The molecule has 1 unspecified atom stereocenters. The Labute approximate surface area is 125 Å². The normalized spacial score (nSPS) is 12.3. The minimum atomic E-state index is -2.84. The predicted molar refractivity (Wildman–Crippen MR) is 76.5 cm³/mol. The number of anilines is 1. The summed E-state index contributed by atoms with van der Waals surface area (Å²) in [5.41, 5.74) is 1.43. The lowest BCUT2D eigenvalue weighted by atomic mass is 10.1. The van der Waals surface area contributed by atoms with Gasteiger partial charge < -0.3 is 10.1 Å². The molecular weight excluding hydrogens is 303 g/mol.